The van der Waals surface area contributed by atoms with Crippen molar-refractivity contribution < 1.29 is 15.1 Å². The van der Waals surface area contributed by atoms with Crippen LogP contribution in [-0.2, 0) is 0 Å². The van der Waals surface area contributed by atoms with Crippen molar-refractivity contribution in [2.45, 2.75) is 19.1 Å². The van der Waals surface area contributed by atoms with Crippen LogP contribution in [0.1, 0.15) is 13.3 Å². The Morgan fingerprint density at radius 2 is 2.22 bits per heavy atom. The molecule has 2 N–H and O–H groups in total. The molecule has 0 aromatic rings. The predicted octanol–water partition coefficient (Wildman–Crippen LogP) is -0.646. The van der Waals surface area contributed by atoms with E-state index in [0.29, 0.717) is 0 Å². The second-order valence-electron chi connectivity index (χ2n) is 1.75. The summed E-state index contributed by atoms with van der Waals surface area (Å²) < 4.78 is 0. The highest BCUT2D eigenvalue weighted by Gasteiger charge is 2.36. The van der Waals surface area contributed by atoms with E-state index in [1.807, 2.05) is 0 Å². The summed E-state index contributed by atoms with van der Waals surface area (Å²) in [6, 6.07) is 0. The molecule has 0 rings (SSSR count). The first kappa shape index (κ1) is 8.32. The van der Waals surface area contributed by atoms with Gasteiger partial charge in [0.2, 0.25) is 0 Å². The molecule has 0 aliphatic heterocycles. The molecule has 0 radical (unpaired) electrons. The van der Waals surface area contributed by atoms with Crippen LogP contribution in [0, 0.1) is 10.1 Å². The Morgan fingerprint density at radius 1 is 1.78 bits per heavy atom. The van der Waals surface area contributed by atoms with Crippen LogP contribution in [0.4, 0.5) is 0 Å². The Bertz CT molecular complexity index is 109. The first-order valence-electron chi connectivity index (χ1n) is 2.54. The Kier molecular flexibility index (Phi) is 2.54. The maximum absolute atomic E-state index is 9.88. The summed E-state index contributed by atoms with van der Waals surface area (Å²) in [4.78, 5) is 8.98. The summed E-state index contributed by atoms with van der Waals surface area (Å²) in [5.74, 6) is 0. The minimum absolute atomic E-state index is 0.0868. The van der Waals surface area contributed by atoms with Crippen LogP contribution < -0.4 is 0 Å². The first-order valence-corrected chi connectivity index (χ1v) is 2.54. The van der Waals surface area contributed by atoms with Gasteiger partial charge in [0.05, 0.1) is 4.92 Å². The summed E-state index contributed by atoms with van der Waals surface area (Å²) in [6.45, 7) is 0.593. The van der Waals surface area contributed by atoms with Crippen LogP contribution >= 0.6 is 0 Å². The van der Waals surface area contributed by atoms with E-state index in [-0.39, 0.29) is 6.42 Å². The smallest absolute Gasteiger partial charge is 0.345 e. The highest BCUT2D eigenvalue weighted by Crippen LogP contribution is 2.07. The zero-order valence-electron chi connectivity index (χ0n) is 5.07. The standard InChI is InChI=1S/C4H9NO4/c1-2-4(7,3-6)5(8)9/h6-7H,2-3H2,1H3. The molecular weight excluding hydrogens is 126 g/mol. The van der Waals surface area contributed by atoms with Gasteiger partial charge in [-0.1, -0.05) is 6.92 Å². The lowest BCUT2D eigenvalue weighted by Gasteiger charge is -2.12. The first-order chi connectivity index (χ1) is 4.06. The van der Waals surface area contributed by atoms with Gasteiger partial charge in [0.25, 0.3) is 0 Å². The lowest BCUT2D eigenvalue weighted by molar-refractivity contribution is -0.628. The number of hydrogen-bond donors (Lipinski definition) is 2. The van der Waals surface area contributed by atoms with Crippen LogP contribution in [0.3, 0.4) is 0 Å². The lowest BCUT2D eigenvalue weighted by Crippen LogP contribution is -2.41. The molecule has 1 unspecified atom stereocenters. The molecule has 0 aromatic heterocycles. The van der Waals surface area contributed by atoms with E-state index in [9.17, 15) is 10.1 Å². The number of hydrogen-bond acceptors (Lipinski definition) is 4. The van der Waals surface area contributed by atoms with E-state index in [1.54, 1.807) is 0 Å². The van der Waals surface area contributed by atoms with E-state index in [2.05, 4.69) is 0 Å². The summed E-state index contributed by atoms with van der Waals surface area (Å²) in [7, 11) is 0. The Balaban J connectivity index is 4.09. The number of nitrogens with zero attached hydrogens (tertiary/aromatic N) is 1. The van der Waals surface area contributed by atoms with Crippen molar-refractivity contribution in [3.63, 3.8) is 0 Å². The number of nitro groups is 1. The van der Waals surface area contributed by atoms with E-state index >= 15 is 0 Å². The molecule has 0 aliphatic rings. The fourth-order valence-corrected chi connectivity index (χ4v) is 0.299. The zero-order chi connectivity index (χ0) is 7.49. The Hall–Kier alpha value is -0.680. The van der Waals surface area contributed by atoms with Gasteiger partial charge in [0.15, 0.2) is 0 Å². The average Bonchev–Trinajstić information content (AvgIpc) is 1.86. The monoisotopic (exact) mass is 135 g/mol. The average molecular weight is 135 g/mol. The third kappa shape index (κ3) is 1.62. The van der Waals surface area contributed by atoms with Crippen molar-refractivity contribution in [2.75, 3.05) is 6.61 Å². The third-order valence-electron chi connectivity index (χ3n) is 1.16. The van der Waals surface area contributed by atoms with Gasteiger partial charge < -0.3 is 10.2 Å². The highest BCUT2D eigenvalue weighted by atomic mass is 16.7. The SMILES string of the molecule is CCC(O)(CO)[N+](=O)[O-]. The second kappa shape index (κ2) is 2.75. The van der Waals surface area contributed by atoms with Crippen LogP contribution in [0.15, 0.2) is 0 Å². The summed E-state index contributed by atoms with van der Waals surface area (Å²) in [5, 5.41) is 26.9. The molecule has 0 saturated carbocycles. The number of aliphatic hydroxyl groups excluding tert-OH is 1. The van der Waals surface area contributed by atoms with Gasteiger partial charge >= 0.3 is 5.72 Å². The van der Waals surface area contributed by atoms with Gasteiger partial charge in [-0.15, -0.1) is 0 Å². The highest BCUT2D eigenvalue weighted by molar-refractivity contribution is 4.59. The van der Waals surface area contributed by atoms with Gasteiger partial charge in [-0.2, -0.15) is 0 Å². The molecule has 0 aromatic carbocycles. The molecule has 1 atom stereocenters. The molecule has 54 valence electrons. The minimum atomic E-state index is -2.14. The van der Waals surface area contributed by atoms with Crippen molar-refractivity contribution in [1.82, 2.24) is 0 Å². The summed E-state index contributed by atoms with van der Waals surface area (Å²) >= 11 is 0. The quantitative estimate of drug-likeness (QED) is 0.306. The summed E-state index contributed by atoms with van der Waals surface area (Å²) in [6.07, 6.45) is -0.0868. The van der Waals surface area contributed by atoms with Gasteiger partial charge in [-0.25, -0.2) is 0 Å². The largest absolute Gasteiger partial charge is 0.386 e. The van der Waals surface area contributed by atoms with Crippen molar-refractivity contribution in [1.29, 1.82) is 0 Å². The normalized spacial score (nSPS) is 16.8. The molecule has 0 heterocycles. The molecule has 0 bridgehead atoms. The van der Waals surface area contributed by atoms with Crippen molar-refractivity contribution in [3.05, 3.63) is 10.1 Å². The van der Waals surface area contributed by atoms with E-state index in [1.165, 1.54) is 6.92 Å². The minimum Gasteiger partial charge on any atom is -0.386 e. The van der Waals surface area contributed by atoms with Gasteiger partial charge in [0, 0.05) is 6.42 Å². The Labute approximate surface area is 52.1 Å². The predicted molar refractivity (Wildman–Crippen MR) is 29.3 cm³/mol. The van der Waals surface area contributed by atoms with Crippen LogP contribution in [0.5, 0.6) is 0 Å². The van der Waals surface area contributed by atoms with E-state index < -0.39 is 17.3 Å². The van der Waals surface area contributed by atoms with E-state index in [0.717, 1.165) is 0 Å². The summed E-state index contributed by atoms with van der Waals surface area (Å²) in [5.41, 5.74) is -2.14. The van der Waals surface area contributed by atoms with Crippen molar-refractivity contribution >= 4 is 0 Å². The lowest BCUT2D eigenvalue weighted by atomic mass is 10.2. The van der Waals surface area contributed by atoms with Gasteiger partial charge in [-0.3, -0.25) is 10.1 Å². The zero-order valence-corrected chi connectivity index (χ0v) is 5.07. The molecule has 5 heteroatoms. The molecule has 0 spiro atoms. The van der Waals surface area contributed by atoms with Crippen molar-refractivity contribution in [2.24, 2.45) is 0 Å². The maximum atomic E-state index is 9.88. The number of aliphatic hydroxyl groups is 2. The second-order valence-corrected chi connectivity index (χ2v) is 1.75. The molecule has 0 fully saturated rings. The topological polar surface area (TPSA) is 83.6 Å². The fourth-order valence-electron chi connectivity index (χ4n) is 0.299. The van der Waals surface area contributed by atoms with Crippen LogP contribution in [0.25, 0.3) is 0 Å². The maximum Gasteiger partial charge on any atom is 0.345 e. The molecule has 0 aliphatic carbocycles. The molecular formula is C4H9NO4. The van der Waals surface area contributed by atoms with E-state index in [4.69, 9.17) is 10.2 Å². The fraction of sp³-hybridized carbons (Fsp3) is 1.00. The third-order valence-corrected chi connectivity index (χ3v) is 1.16. The van der Waals surface area contributed by atoms with Gasteiger partial charge in [-0.05, 0) is 0 Å². The van der Waals surface area contributed by atoms with Crippen molar-refractivity contribution in [3.8, 4) is 0 Å². The van der Waals surface area contributed by atoms with Gasteiger partial charge in [0.1, 0.15) is 6.61 Å². The Morgan fingerprint density at radius 3 is 2.22 bits per heavy atom. The molecule has 0 amide bonds. The molecule has 9 heavy (non-hydrogen) atoms. The number of rotatable bonds is 3. The van der Waals surface area contributed by atoms with Crippen LogP contribution in [0.2, 0.25) is 0 Å². The molecule has 5 nitrogen and oxygen atoms in total. The van der Waals surface area contributed by atoms with Crippen LogP contribution in [-0.4, -0.2) is 27.5 Å². The molecule has 0 saturated heterocycles.